The number of aryl methyl sites for hydroxylation is 2. The van der Waals surface area contributed by atoms with E-state index in [2.05, 4.69) is 9.97 Å². The molecule has 0 atom stereocenters. The molecule has 1 aromatic carbocycles. The highest BCUT2D eigenvalue weighted by molar-refractivity contribution is 7.24. The number of nitrogens with zero attached hydrogens (tertiary/aromatic N) is 2. The minimum absolute atomic E-state index is 0.306. The molecule has 3 rings (SSSR count). The summed E-state index contributed by atoms with van der Waals surface area (Å²) in [5.74, 6) is -0.306. The van der Waals surface area contributed by atoms with E-state index in [-0.39, 0.29) is 5.97 Å². The molecule has 0 bridgehead atoms. The first kappa shape index (κ1) is 15.8. The summed E-state index contributed by atoms with van der Waals surface area (Å²) in [5.41, 5.74) is 2.72. The highest BCUT2D eigenvalue weighted by atomic mass is 32.1. The maximum absolute atomic E-state index is 12.0. The van der Waals surface area contributed by atoms with Gasteiger partial charge in [0, 0.05) is 5.56 Å². The zero-order valence-electron chi connectivity index (χ0n) is 13.1. The Labute approximate surface area is 142 Å². The summed E-state index contributed by atoms with van der Waals surface area (Å²) < 4.78 is 5.08. The number of ether oxygens (including phenoxy) is 1. The van der Waals surface area contributed by atoms with Crippen molar-refractivity contribution in [1.29, 1.82) is 0 Å². The van der Waals surface area contributed by atoms with E-state index in [9.17, 15) is 4.79 Å². The van der Waals surface area contributed by atoms with Gasteiger partial charge >= 0.3 is 5.97 Å². The van der Waals surface area contributed by atoms with Crippen LogP contribution in [0.15, 0.2) is 30.3 Å². The van der Waals surface area contributed by atoms with Crippen LogP contribution in [0.2, 0.25) is 0 Å². The summed E-state index contributed by atoms with van der Waals surface area (Å²) in [4.78, 5) is 22.7. The third-order valence-corrected chi connectivity index (χ3v) is 5.77. The number of hydrogen-bond donors (Lipinski definition) is 0. The van der Waals surface area contributed by atoms with E-state index in [0.29, 0.717) is 17.2 Å². The molecule has 0 radical (unpaired) electrons. The highest BCUT2D eigenvalue weighted by Crippen LogP contribution is 2.38. The van der Waals surface area contributed by atoms with Gasteiger partial charge in [-0.05, 0) is 20.8 Å². The summed E-state index contributed by atoms with van der Waals surface area (Å²) in [6.45, 7) is 5.97. The normalized spacial score (nSPS) is 10.7. The number of aromatic nitrogens is 2. The van der Waals surface area contributed by atoms with Crippen molar-refractivity contribution in [2.24, 2.45) is 0 Å². The van der Waals surface area contributed by atoms with Gasteiger partial charge in [0.05, 0.1) is 22.9 Å². The van der Waals surface area contributed by atoms with Crippen molar-refractivity contribution >= 4 is 28.6 Å². The fourth-order valence-electron chi connectivity index (χ4n) is 2.18. The monoisotopic (exact) mass is 344 g/mol. The minimum Gasteiger partial charge on any atom is -0.462 e. The van der Waals surface area contributed by atoms with Crippen LogP contribution in [0.3, 0.4) is 0 Å². The summed E-state index contributed by atoms with van der Waals surface area (Å²) in [6, 6.07) is 10.1. The molecule has 2 aromatic heterocycles. The number of esters is 1. The van der Waals surface area contributed by atoms with Gasteiger partial charge in [-0.15, -0.1) is 22.7 Å². The summed E-state index contributed by atoms with van der Waals surface area (Å²) in [6.07, 6.45) is 0. The molecule has 0 saturated heterocycles. The molecule has 2 heterocycles. The largest absolute Gasteiger partial charge is 0.462 e. The van der Waals surface area contributed by atoms with Crippen molar-refractivity contribution in [3.63, 3.8) is 0 Å². The van der Waals surface area contributed by atoms with Crippen LogP contribution in [-0.4, -0.2) is 22.5 Å². The molecule has 3 aromatic rings. The molecule has 0 N–H and O–H groups in total. The van der Waals surface area contributed by atoms with Crippen LogP contribution in [0, 0.1) is 13.8 Å². The number of benzene rings is 1. The van der Waals surface area contributed by atoms with Gasteiger partial charge in [0.2, 0.25) is 0 Å². The Morgan fingerprint density at radius 1 is 1.04 bits per heavy atom. The standard InChI is InChI=1S/C17H16N2O2S2/c1-4-21-17(20)14-11(3)19-16(23-14)13-10(2)18-15(22-13)12-8-6-5-7-9-12/h5-9H,4H2,1-3H3. The van der Waals surface area contributed by atoms with Crippen LogP contribution in [-0.2, 0) is 4.74 Å². The van der Waals surface area contributed by atoms with Crippen molar-refractivity contribution in [2.45, 2.75) is 20.8 Å². The fourth-order valence-corrected chi connectivity index (χ4v) is 4.34. The summed E-state index contributed by atoms with van der Waals surface area (Å²) >= 11 is 2.97. The van der Waals surface area contributed by atoms with Gasteiger partial charge in [-0.25, -0.2) is 14.8 Å². The Hall–Kier alpha value is -2.05. The molecule has 6 heteroatoms. The van der Waals surface area contributed by atoms with Crippen molar-refractivity contribution in [2.75, 3.05) is 6.61 Å². The van der Waals surface area contributed by atoms with Gasteiger partial charge in [0.25, 0.3) is 0 Å². The second-order valence-corrected chi connectivity index (χ2v) is 6.95. The maximum Gasteiger partial charge on any atom is 0.350 e. The van der Waals surface area contributed by atoms with Crippen LogP contribution < -0.4 is 0 Å². The predicted molar refractivity (Wildman–Crippen MR) is 94.1 cm³/mol. The lowest BCUT2D eigenvalue weighted by Gasteiger charge is -1.97. The number of carbonyl (C=O) groups excluding carboxylic acids is 1. The fraction of sp³-hybridized carbons (Fsp3) is 0.235. The second-order valence-electron chi connectivity index (χ2n) is 4.95. The van der Waals surface area contributed by atoms with Crippen molar-refractivity contribution in [3.05, 3.63) is 46.6 Å². The Morgan fingerprint density at radius 2 is 1.74 bits per heavy atom. The van der Waals surface area contributed by atoms with Crippen molar-refractivity contribution < 1.29 is 9.53 Å². The Bertz CT molecular complexity index is 838. The van der Waals surface area contributed by atoms with E-state index in [4.69, 9.17) is 4.74 Å². The lowest BCUT2D eigenvalue weighted by molar-refractivity contribution is 0.0531. The van der Waals surface area contributed by atoms with Crippen LogP contribution in [0.5, 0.6) is 0 Å². The van der Waals surface area contributed by atoms with Gasteiger partial charge in [-0.2, -0.15) is 0 Å². The Balaban J connectivity index is 1.98. The number of carbonyl (C=O) groups is 1. The van der Waals surface area contributed by atoms with Crippen LogP contribution >= 0.6 is 22.7 Å². The van der Waals surface area contributed by atoms with E-state index < -0.39 is 0 Å². The highest BCUT2D eigenvalue weighted by Gasteiger charge is 2.20. The molecule has 0 aliphatic carbocycles. The minimum atomic E-state index is -0.306. The molecule has 23 heavy (non-hydrogen) atoms. The smallest absolute Gasteiger partial charge is 0.350 e. The Morgan fingerprint density at radius 3 is 2.43 bits per heavy atom. The van der Waals surface area contributed by atoms with E-state index in [0.717, 1.165) is 26.1 Å². The molecular formula is C17H16N2O2S2. The number of hydrogen-bond acceptors (Lipinski definition) is 6. The van der Waals surface area contributed by atoms with Crippen LogP contribution in [0.25, 0.3) is 20.5 Å². The average Bonchev–Trinajstić information content (AvgIpc) is 3.11. The van der Waals surface area contributed by atoms with Gasteiger partial charge in [-0.3, -0.25) is 0 Å². The van der Waals surface area contributed by atoms with Gasteiger partial charge < -0.3 is 4.74 Å². The zero-order valence-corrected chi connectivity index (χ0v) is 14.8. The molecule has 0 unspecified atom stereocenters. The summed E-state index contributed by atoms with van der Waals surface area (Å²) in [7, 11) is 0. The molecule has 118 valence electrons. The average molecular weight is 344 g/mol. The van der Waals surface area contributed by atoms with Crippen molar-refractivity contribution in [1.82, 2.24) is 9.97 Å². The number of thiazole rings is 2. The molecule has 4 nitrogen and oxygen atoms in total. The first-order chi connectivity index (χ1) is 11.1. The predicted octanol–water partition coefficient (Wildman–Crippen LogP) is 4.73. The molecule has 0 aliphatic rings. The van der Waals surface area contributed by atoms with Gasteiger partial charge in [-0.1, -0.05) is 30.3 Å². The SMILES string of the molecule is CCOC(=O)c1sc(-c2sc(-c3ccccc3)nc2C)nc1C. The van der Waals surface area contributed by atoms with E-state index in [1.807, 2.05) is 44.2 Å². The number of rotatable bonds is 4. The van der Waals surface area contributed by atoms with E-state index in [1.54, 1.807) is 18.3 Å². The third-order valence-electron chi connectivity index (χ3n) is 3.27. The summed E-state index contributed by atoms with van der Waals surface area (Å²) in [5, 5.41) is 1.78. The lowest BCUT2D eigenvalue weighted by atomic mass is 10.2. The second kappa shape index (κ2) is 6.60. The molecular weight excluding hydrogens is 328 g/mol. The van der Waals surface area contributed by atoms with Crippen LogP contribution in [0.1, 0.15) is 28.0 Å². The van der Waals surface area contributed by atoms with Crippen molar-refractivity contribution in [3.8, 4) is 20.5 Å². The first-order valence-electron chi connectivity index (χ1n) is 7.28. The van der Waals surface area contributed by atoms with E-state index >= 15 is 0 Å². The molecule has 0 fully saturated rings. The van der Waals surface area contributed by atoms with E-state index in [1.165, 1.54) is 11.3 Å². The zero-order chi connectivity index (χ0) is 16.4. The lowest BCUT2D eigenvalue weighted by Crippen LogP contribution is -2.03. The van der Waals surface area contributed by atoms with Crippen LogP contribution in [0.4, 0.5) is 0 Å². The maximum atomic E-state index is 12.0. The quantitative estimate of drug-likeness (QED) is 0.642. The Kier molecular flexibility index (Phi) is 4.54. The van der Waals surface area contributed by atoms with Gasteiger partial charge in [0.1, 0.15) is 14.9 Å². The first-order valence-corrected chi connectivity index (χ1v) is 8.91. The topological polar surface area (TPSA) is 52.1 Å². The molecule has 0 saturated carbocycles. The molecule has 0 amide bonds. The van der Waals surface area contributed by atoms with Gasteiger partial charge in [0.15, 0.2) is 0 Å². The third kappa shape index (κ3) is 3.18. The molecule has 0 spiro atoms. The molecule has 0 aliphatic heterocycles.